The predicted molar refractivity (Wildman–Crippen MR) is 172 cm³/mol. The largest absolute Gasteiger partial charge is 0.434 e. The SMILES string of the molecule is Cc1c(Nc2nccc3cc(CN4CCC(O)C4)cnc23)cccc1-c1nccc(-c2nc3cc(CO)cc(Cl)c3o2)c1Cl. The summed E-state index contributed by atoms with van der Waals surface area (Å²) >= 11 is 13.3. The highest BCUT2D eigenvalue weighted by Gasteiger charge is 2.21. The fraction of sp³-hybridized carbons (Fsp3) is 0.212. The third-order valence-electron chi connectivity index (χ3n) is 7.96. The Hall–Kier alpha value is -4.12. The van der Waals surface area contributed by atoms with Gasteiger partial charge in [-0.3, -0.25) is 14.9 Å². The van der Waals surface area contributed by atoms with Crippen molar-refractivity contribution in [1.82, 2.24) is 24.8 Å². The van der Waals surface area contributed by atoms with E-state index in [1.807, 2.05) is 37.4 Å². The van der Waals surface area contributed by atoms with Crippen molar-refractivity contribution in [3.05, 3.63) is 93.9 Å². The van der Waals surface area contributed by atoms with E-state index in [0.717, 1.165) is 52.8 Å². The van der Waals surface area contributed by atoms with Crippen molar-refractivity contribution >= 4 is 56.7 Å². The molecule has 7 rings (SSSR count). The predicted octanol–water partition coefficient (Wildman–Crippen LogP) is 6.92. The van der Waals surface area contributed by atoms with Gasteiger partial charge in [-0.05, 0) is 66.4 Å². The maximum absolute atomic E-state index is 9.87. The monoisotopic (exact) mass is 626 g/mol. The van der Waals surface area contributed by atoms with Crippen molar-refractivity contribution in [3.63, 3.8) is 0 Å². The Labute approximate surface area is 263 Å². The minimum absolute atomic E-state index is 0.155. The number of anilines is 2. The average Bonchev–Trinajstić information content (AvgIpc) is 3.64. The quantitative estimate of drug-likeness (QED) is 0.173. The lowest BCUT2D eigenvalue weighted by Crippen LogP contribution is -2.21. The molecule has 3 N–H and O–H groups in total. The fourth-order valence-corrected chi connectivity index (χ4v) is 6.27. The van der Waals surface area contributed by atoms with E-state index in [-0.39, 0.29) is 12.7 Å². The summed E-state index contributed by atoms with van der Waals surface area (Å²) in [5.74, 6) is 0.952. The minimum Gasteiger partial charge on any atom is -0.434 e. The molecule has 5 heterocycles. The van der Waals surface area contributed by atoms with Gasteiger partial charge in [0.25, 0.3) is 0 Å². The van der Waals surface area contributed by atoms with Crippen LogP contribution in [0.15, 0.2) is 71.5 Å². The van der Waals surface area contributed by atoms with Gasteiger partial charge >= 0.3 is 0 Å². The molecule has 2 aromatic carbocycles. The summed E-state index contributed by atoms with van der Waals surface area (Å²) in [4.78, 5) is 20.8. The third kappa shape index (κ3) is 5.38. The summed E-state index contributed by atoms with van der Waals surface area (Å²) in [5, 5.41) is 24.6. The molecule has 1 saturated heterocycles. The summed E-state index contributed by atoms with van der Waals surface area (Å²) in [6.45, 7) is 4.16. The van der Waals surface area contributed by atoms with E-state index in [1.54, 1.807) is 30.6 Å². The van der Waals surface area contributed by atoms with Crippen molar-refractivity contribution in [2.45, 2.75) is 32.6 Å². The molecule has 1 atom stereocenters. The molecular formula is C33H28Cl2N6O3. The zero-order valence-corrected chi connectivity index (χ0v) is 25.3. The van der Waals surface area contributed by atoms with Crippen LogP contribution in [0.2, 0.25) is 10.0 Å². The standard InChI is InChI=1S/C33H28Cl2N6O3/c1-18-23(30-28(35)24(6-9-36-30)33-40-27-13-19(17-42)12-25(34)31(27)44-33)3-2-4-26(18)39-32-29-21(5-8-37-32)11-20(14-38-29)15-41-10-7-22(43)16-41/h2-6,8-9,11-14,22,42-43H,7,10,15-17H2,1H3,(H,37,39). The van der Waals surface area contributed by atoms with Gasteiger partial charge in [0.1, 0.15) is 11.0 Å². The van der Waals surface area contributed by atoms with Crippen molar-refractivity contribution < 1.29 is 14.6 Å². The van der Waals surface area contributed by atoms with Crippen molar-refractivity contribution in [3.8, 4) is 22.7 Å². The molecule has 1 aliphatic heterocycles. The van der Waals surface area contributed by atoms with Gasteiger partial charge in [0.2, 0.25) is 5.89 Å². The van der Waals surface area contributed by atoms with E-state index in [0.29, 0.717) is 56.2 Å². The van der Waals surface area contributed by atoms with Gasteiger partial charge in [-0.15, -0.1) is 0 Å². The number of benzene rings is 2. The molecular weight excluding hydrogens is 599 g/mol. The van der Waals surface area contributed by atoms with E-state index in [2.05, 4.69) is 31.2 Å². The molecule has 1 aliphatic rings. The second-order valence-corrected chi connectivity index (χ2v) is 11.8. The Balaban J connectivity index is 1.20. The van der Waals surface area contributed by atoms with Crippen LogP contribution in [0.1, 0.15) is 23.1 Å². The van der Waals surface area contributed by atoms with Crippen LogP contribution in [0, 0.1) is 6.92 Å². The number of aliphatic hydroxyl groups excluding tert-OH is 2. The number of nitrogens with one attached hydrogen (secondary N) is 1. The number of nitrogens with zero attached hydrogens (tertiary/aromatic N) is 5. The lowest BCUT2D eigenvalue weighted by molar-refractivity contribution is 0.175. The number of pyridine rings is 3. The molecule has 9 nitrogen and oxygen atoms in total. The molecule has 6 aromatic rings. The maximum atomic E-state index is 9.87. The van der Waals surface area contributed by atoms with Gasteiger partial charge in [0, 0.05) is 54.9 Å². The first-order valence-electron chi connectivity index (χ1n) is 14.2. The van der Waals surface area contributed by atoms with E-state index in [9.17, 15) is 10.2 Å². The van der Waals surface area contributed by atoms with Crippen LogP contribution in [0.25, 0.3) is 44.7 Å². The minimum atomic E-state index is -0.253. The molecule has 0 radical (unpaired) electrons. The Kier molecular flexibility index (Phi) is 7.65. The highest BCUT2D eigenvalue weighted by molar-refractivity contribution is 6.36. The molecule has 11 heteroatoms. The summed E-state index contributed by atoms with van der Waals surface area (Å²) < 4.78 is 6.00. The van der Waals surface area contributed by atoms with Crippen LogP contribution in [0.3, 0.4) is 0 Å². The van der Waals surface area contributed by atoms with Gasteiger partial charge in [0.15, 0.2) is 11.4 Å². The maximum Gasteiger partial charge on any atom is 0.229 e. The number of aromatic nitrogens is 4. The van der Waals surface area contributed by atoms with Crippen LogP contribution in [-0.2, 0) is 13.2 Å². The number of hydrogen-bond donors (Lipinski definition) is 3. The Bertz CT molecular complexity index is 2030. The van der Waals surface area contributed by atoms with Crippen LogP contribution in [0.5, 0.6) is 0 Å². The second-order valence-electron chi connectivity index (χ2n) is 11.0. The van der Waals surface area contributed by atoms with Gasteiger partial charge in [-0.1, -0.05) is 35.3 Å². The molecule has 44 heavy (non-hydrogen) atoms. The van der Waals surface area contributed by atoms with E-state index in [1.165, 1.54) is 0 Å². The number of rotatable bonds is 7. The second kappa shape index (κ2) is 11.8. The first kappa shape index (κ1) is 28.6. The molecule has 0 spiro atoms. The summed E-state index contributed by atoms with van der Waals surface area (Å²) in [5.41, 5.74) is 7.22. The number of β-amino-alcohol motifs (C(OH)–C–C–N with tert-alkyl or cyclic N) is 1. The van der Waals surface area contributed by atoms with Crippen LogP contribution in [-0.4, -0.2) is 54.2 Å². The third-order valence-corrected chi connectivity index (χ3v) is 8.62. The normalized spacial score (nSPS) is 15.4. The van der Waals surface area contributed by atoms with E-state index >= 15 is 0 Å². The van der Waals surface area contributed by atoms with Crippen LogP contribution >= 0.6 is 23.2 Å². The average molecular weight is 628 g/mol. The number of likely N-dealkylation sites (tertiary alicyclic amines) is 1. The Morgan fingerprint density at radius 3 is 2.70 bits per heavy atom. The molecule has 0 amide bonds. The number of hydrogen-bond acceptors (Lipinski definition) is 9. The molecule has 0 aliphatic carbocycles. The molecule has 1 unspecified atom stereocenters. The van der Waals surface area contributed by atoms with Gasteiger partial charge in [-0.2, -0.15) is 0 Å². The number of halogens is 2. The highest BCUT2D eigenvalue weighted by Crippen LogP contribution is 2.40. The van der Waals surface area contributed by atoms with E-state index in [4.69, 9.17) is 32.6 Å². The number of oxazole rings is 1. The zero-order chi connectivity index (χ0) is 30.4. The number of fused-ring (bicyclic) bond motifs is 2. The lowest BCUT2D eigenvalue weighted by atomic mass is 10.0. The van der Waals surface area contributed by atoms with Crippen molar-refractivity contribution in [1.29, 1.82) is 0 Å². The molecule has 0 bridgehead atoms. The zero-order valence-electron chi connectivity index (χ0n) is 23.8. The van der Waals surface area contributed by atoms with Crippen LogP contribution in [0.4, 0.5) is 11.5 Å². The van der Waals surface area contributed by atoms with Crippen molar-refractivity contribution in [2.75, 3.05) is 18.4 Å². The molecule has 4 aromatic heterocycles. The topological polar surface area (TPSA) is 120 Å². The van der Waals surface area contributed by atoms with E-state index < -0.39 is 0 Å². The first-order chi connectivity index (χ1) is 21.4. The molecule has 0 saturated carbocycles. The number of aliphatic hydroxyl groups is 2. The smallest absolute Gasteiger partial charge is 0.229 e. The van der Waals surface area contributed by atoms with Crippen LogP contribution < -0.4 is 5.32 Å². The van der Waals surface area contributed by atoms with Gasteiger partial charge in [-0.25, -0.2) is 9.97 Å². The lowest BCUT2D eigenvalue weighted by Gasteiger charge is -2.16. The summed E-state index contributed by atoms with van der Waals surface area (Å²) in [6.07, 6.45) is 5.87. The van der Waals surface area contributed by atoms with Gasteiger partial charge in [0.05, 0.1) is 34.0 Å². The molecule has 1 fully saturated rings. The van der Waals surface area contributed by atoms with Crippen molar-refractivity contribution in [2.24, 2.45) is 0 Å². The summed E-state index contributed by atoms with van der Waals surface area (Å²) in [6, 6.07) is 15.1. The fourth-order valence-electron chi connectivity index (χ4n) is 5.70. The van der Waals surface area contributed by atoms with Gasteiger partial charge < -0.3 is 19.9 Å². The highest BCUT2D eigenvalue weighted by atomic mass is 35.5. The Morgan fingerprint density at radius 1 is 1.02 bits per heavy atom. The summed E-state index contributed by atoms with van der Waals surface area (Å²) in [7, 11) is 0. The first-order valence-corrected chi connectivity index (χ1v) is 15.0. The Morgan fingerprint density at radius 2 is 1.89 bits per heavy atom. The molecule has 222 valence electrons.